The van der Waals surface area contributed by atoms with E-state index in [1.54, 1.807) is 0 Å². The number of aliphatic carboxylic acids is 1. The van der Waals surface area contributed by atoms with Crippen molar-refractivity contribution in [3.63, 3.8) is 0 Å². The van der Waals surface area contributed by atoms with Crippen LogP contribution in [0.15, 0.2) is 12.7 Å². The van der Waals surface area contributed by atoms with Gasteiger partial charge in [0.15, 0.2) is 0 Å². The zero-order valence-corrected chi connectivity index (χ0v) is 5.62. The normalized spacial score (nSPS) is 12.0. The van der Waals surface area contributed by atoms with Crippen molar-refractivity contribution >= 4 is 12.3 Å². The Morgan fingerprint density at radius 3 is 2.50 bits per heavy atom. The molecule has 0 aliphatic rings. The molecule has 56 valence electrons. The van der Waals surface area contributed by atoms with Crippen LogP contribution in [0.2, 0.25) is 0 Å². The summed E-state index contributed by atoms with van der Waals surface area (Å²) < 4.78 is 0. The fraction of sp³-hybridized carbons (Fsp3) is 0.429. The lowest BCUT2D eigenvalue weighted by molar-refractivity contribution is -0.142. The minimum absolute atomic E-state index is 0.0708. The molecule has 0 amide bonds. The highest BCUT2D eigenvalue weighted by Crippen LogP contribution is 2.06. The van der Waals surface area contributed by atoms with Gasteiger partial charge in [-0.15, -0.1) is 6.58 Å². The van der Waals surface area contributed by atoms with E-state index in [0.717, 1.165) is 0 Å². The molecule has 0 aromatic rings. The first-order valence-corrected chi connectivity index (χ1v) is 2.99. The second-order valence-electron chi connectivity index (χ2n) is 1.96. The fourth-order valence-electron chi connectivity index (χ4n) is 0.615. The molecule has 0 bridgehead atoms. The topological polar surface area (TPSA) is 54.4 Å². The van der Waals surface area contributed by atoms with E-state index in [-0.39, 0.29) is 6.42 Å². The zero-order valence-electron chi connectivity index (χ0n) is 5.62. The fourth-order valence-corrected chi connectivity index (χ4v) is 0.615. The first kappa shape index (κ1) is 8.88. The zero-order chi connectivity index (χ0) is 7.98. The molecule has 0 saturated carbocycles. The molecule has 0 rings (SSSR count). The summed E-state index contributed by atoms with van der Waals surface area (Å²) in [6.07, 6.45) is 2.54. The van der Waals surface area contributed by atoms with E-state index in [1.807, 2.05) is 0 Å². The molecule has 1 unspecified atom stereocenters. The van der Waals surface area contributed by atoms with E-state index >= 15 is 0 Å². The van der Waals surface area contributed by atoms with Crippen molar-refractivity contribution < 1.29 is 14.7 Å². The number of carbonyl (C=O) groups is 2. The largest absolute Gasteiger partial charge is 0.481 e. The van der Waals surface area contributed by atoms with Gasteiger partial charge in [-0.05, 0) is 6.42 Å². The molecule has 0 aromatic carbocycles. The van der Waals surface area contributed by atoms with E-state index < -0.39 is 11.9 Å². The number of carbonyl (C=O) groups excluding carboxylic acids is 1. The number of aldehydes is 1. The maximum absolute atomic E-state index is 10.3. The maximum Gasteiger partial charge on any atom is 0.307 e. The lowest BCUT2D eigenvalue weighted by atomic mass is 10.0. The van der Waals surface area contributed by atoms with E-state index in [9.17, 15) is 9.59 Å². The Hall–Kier alpha value is -1.12. The van der Waals surface area contributed by atoms with E-state index in [1.165, 1.54) is 6.08 Å². The van der Waals surface area contributed by atoms with Crippen molar-refractivity contribution in [3.8, 4) is 0 Å². The van der Waals surface area contributed by atoms with Gasteiger partial charge in [-0.2, -0.15) is 0 Å². The third-order valence-electron chi connectivity index (χ3n) is 1.18. The Morgan fingerprint density at radius 2 is 2.20 bits per heavy atom. The molecule has 3 nitrogen and oxygen atoms in total. The molecule has 1 N–H and O–H groups in total. The monoisotopic (exact) mass is 142 g/mol. The second-order valence-corrected chi connectivity index (χ2v) is 1.96. The average Bonchev–Trinajstić information content (AvgIpc) is 1.87. The summed E-state index contributed by atoms with van der Waals surface area (Å²) in [5.74, 6) is -1.53. The van der Waals surface area contributed by atoms with Crippen LogP contribution in [0, 0.1) is 5.92 Å². The lowest BCUT2D eigenvalue weighted by Gasteiger charge is -2.02. The molecule has 0 aromatic heterocycles. The van der Waals surface area contributed by atoms with Crippen LogP contribution in [0.1, 0.15) is 12.8 Å². The molecule has 0 saturated heterocycles. The standard InChI is InChI=1S/C7H10O3/c1-2-3-6(4-5-8)7(9)10/h2,5-6H,1,3-4H2,(H,9,10). The average molecular weight is 142 g/mol. The van der Waals surface area contributed by atoms with Crippen molar-refractivity contribution in [3.05, 3.63) is 12.7 Å². The third-order valence-corrected chi connectivity index (χ3v) is 1.18. The number of rotatable bonds is 5. The summed E-state index contributed by atoms with van der Waals surface area (Å²) in [7, 11) is 0. The maximum atomic E-state index is 10.3. The molecule has 3 heteroatoms. The van der Waals surface area contributed by atoms with Crippen LogP contribution < -0.4 is 0 Å². The Morgan fingerprint density at radius 1 is 1.60 bits per heavy atom. The third kappa shape index (κ3) is 3.02. The molecule has 0 heterocycles. The number of carboxylic acid groups (broad SMARTS) is 1. The number of allylic oxidation sites excluding steroid dienone is 1. The molecule has 0 spiro atoms. The molecule has 0 radical (unpaired) electrons. The first-order chi connectivity index (χ1) is 4.72. The van der Waals surface area contributed by atoms with Crippen molar-refractivity contribution in [1.29, 1.82) is 0 Å². The van der Waals surface area contributed by atoms with Crippen LogP contribution >= 0.6 is 0 Å². The summed E-state index contributed by atoms with van der Waals surface area (Å²) in [6.45, 7) is 3.39. The molecular formula is C7H10O3. The van der Waals surface area contributed by atoms with E-state index in [2.05, 4.69) is 6.58 Å². The van der Waals surface area contributed by atoms with Gasteiger partial charge in [0.25, 0.3) is 0 Å². The minimum atomic E-state index is -0.938. The number of carboxylic acids is 1. The summed E-state index contributed by atoms with van der Waals surface area (Å²) in [4.78, 5) is 20.2. The summed E-state index contributed by atoms with van der Waals surface area (Å²) >= 11 is 0. The van der Waals surface area contributed by atoms with Gasteiger partial charge in [-0.3, -0.25) is 4.79 Å². The Balaban J connectivity index is 3.83. The van der Waals surface area contributed by atoms with E-state index in [4.69, 9.17) is 5.11 Å². The summed E-state index contributed by atoms with van der Waals surface area (Å²) in [5, 5.41) is 8.43. The van der Waals surface area contributed by atoms with Crippen LogP contribution in [-0.2, 0) is 9.59 Å². The Bertz CT molecular complexity index is 130. The van der Waals surface area contributed by atoms with Gasteiger partial charge in [-0.1, -0.05) is 6.08 Å². The van der Waals surface area contributed by atoms with Crippen molar-refractivity contribution in [2.24, 2.45) is 5.92 Å². The highest BCUT2D eigenvalue weighted by molar-refractivity contribution is 5.73. The van der Waals surface area contributed by atoms with Crippen molar-refractivity contribution in [2.75, 3.05) is 0 Å². The number of hydrogen-bond donors (Lipinski definition) is 1. The van der Waals surface area contributed by atoms with Crippen molar-refractivity contribution in [2.45, 2.75) is 12.8 Å². The molecule has 0 aliphatic heterocycles. The minimum Gasteiger partial charge on any atom is -0.481 e. The smallest absolute Gasteiger partial charge is 0.307 e. The highest BCUT2D eigenvalue weighted by Gasteiger charge is 2.13. The Labute approximate surface area is 59.4 Å². The molecule has 1 atom stereocenters. The van der Waals surface area contributed by atoms with E-state index in [0.29, 0.717) is 12.7 Å². The van der Waals surface area contributed by atoms with Gasteiger partial charge in [0.1, 0.15) is 6.29 Å². The molecule has 10 heavy (non-hydrogen) atoms. The van der Waals surface area contributed by atoms with Crippen LogP contribution in [0.25, 0.3) is 0 Å². The van der Waals surface area contributed by atoms with Crippen molar-refractivity contribution in [1.82, 2.24) is 0 Å². The second kappa shape index (κ2) is 4.73. The molecule has 0 aliphatic carbocycles. The van der Waals surface area contributed by atoms with Gasteiger partial charge in [0.2, 0.25) is 0 Å². The van der Waals surface area contributed by atoms with Crippen LogP contribution in [0.3, 0.4) is 0 Å². The van der Waals surface area contributed by atoms with Gasteiger partial charge < -0.3 is 9.90 Å². The predicted octanol–water partition coefficient (Wildman–Crippen LogP) is 0.852. The van der Waals surface area contributed by atoms with Crippen LogP contribution in [0.4, 0.5) is 0 Å². The lowest BCUT2D eigenvalue weighted by Crippen LogP contribution is -2.12. The SMILES string of the molecule is C=CCC(CC=O)C(=O)O. The van der Waals surface area contributed by atoms with Gasteiger partial charge >= 0.3 is 5.97 Å². The molecular weight excluding hydrogens is 132 g/mol. The highest BCUT2D eigenvalue weighted by atomic mass is 16.4. The van der Waals surface area contributed by atoms with Gasteiger partial charge in [0, 0.05) is 6.42 Å². The van der Waals surface area contributed by atoms with Gasteiger partial charge in [-0.25, -0.2) is 0 Å². The quantitative estimate of drug-likeness (QED) is 0.457. The Kier molecular flexibility index (Phi) is 4.20. The van der Waals surface area contributed by atoms with Gasteiger partial charge in [0.05, 0.1) is 5.92 Å². The predicted molar refractivity (Wildman–Crippen MR) is 36.6 cm³/mol. The van der Waals surface area contributed by atoms with Crippen LogP contribution in [-0.4, -0.2) is 17.4 Å². The number of hydrogen-bond acceptors (Lipinski definition) is 2. The summed E-state index contributed by atoms with van der Waals surface area (Å²) in [5.41, 5.74) is 0. The first-order valence-electron chi connectivity index (χ1n) is 2.99. The molecule has 0 fully saturated rings. The summed E-state index contributed by atoms with van der Waals surface area (Å²) in [6, 6.07) is 0. The van der Waals surface area contributed by atoms with Crippen LogP contribution in [0.5, 0.6) is 0 Å².